The van der Waals surface area contributed by atoms with Crippen LogP contribution in [0.3, 0.4) is 0 Å². The Balaban J connectivity index is 1.33. The summed E-state index contributed by atoms with van der Waals surface area (Å²) in [5, 5.41) is 2.62. The van der Waals surface area contributed by atoms with Crippen LogP contribution in [-0.2, 0) is 6.42 Å². The van der Waals surface area contributed by atoms with Crippen LogP contribution in [0.1, 0.15) is 69.5 Å². The van der Waals surface area contributed by atoms with Gasteiger partial charge in [-0.1, -0.05) is 70.2 Å². The van der Waals surface area contributed by atoms with Crippen LogP contribution in [-0.4, -0.2) is 22.6 Å². The molecule has 0 bridgehead atoms. The number of aromatic nitrogens is 2. The van der Waals surface area contributed by atoms with Crippen LogP contribution >= 0.6 is 0 Å². The molecular weight excluding hydrogens is 461 g/mol. The van der Waals surface area contributed by atoms with Crippen LogP contribution in [0, 0.1) is 11.7 Å². The molecule has 0 unspecified atom stereocenters. The molecule has 3 aromatic carbocycles. The molecule has 192 valence electrons. The molecule has 0 saturated carbocycles. The average molecular weight is 498 g/mol. The van der Waals surface area contributed by atoms with E-state index in [4.69, 9.17) is 4.98 Å². The van der Waals surface area contributed by atoms with E-state index < -0.39 is 0 Å². The van der Waals surface area contributed by atoms with Gasteiger partial charge in [0.15, 0.2) is 0 Å². The zero-order valence-corrected chi connectivity index (χ0v) is 22.2. The standard InChI is InChI=1S/C32H36FN3O/c1-21(2)29-20-31(37)36(32(34-29)22(3)4)26-12-13-30(28(33)19-26)35-16-14-23(15-17-35)18-25-10-7-9-24-8-5-6-11-27(24)25/h5-13,19-23H,14-18H2,1-4H3. The topological polar surface area (TPSA) is 38.1 Å². The van der Waals surface area contributed by atoms with Gasteiger partial charge in [-0.25, -0.2) is 9.37 Å². The van der Waals surface area contributed by atoms with Gasteiger partial charge >= 0.3 is 0 Å². The lowest BCUT2D eigenvalue weighted by molar-refractivity contribution is 0.402. The largest absolute Gasteiger partial charge is 0.369 e. The van der Waals surface area contributed by atoms with Crippen LogP contribution in [0.2, 0.25) is 0 Å². The van der Waals surface area contributed by atoms with Crippen molar-refractivity contribution in [2.24, 2.45) is 5.92 Å². The van der Waals surface area contributed by atoms with Gasteiger partial charge in [0.25, 0.3) is 5.56 Å². The molecule has 1 aromatic heterocycles. The molecule has 4 aromatic rings. The molecule has 1 fully saturated rings. The van der Waals surface area contributed by atoms with Crippen LogP contribution in [0.25, 0.3) is 16.5 Å². The minimum absolute atomic E-state index is 0.0369. The van der Waals surface area contributed by atoms with Gasteiger partial charge in [0.1, 0.15) is 11.6 Å². The fourth-order valence-electron chi connectivity index (χ4n) is 5.51. The Morgan fingerprint density at radius 2 is 1.65 bits per heavy atom. The van der Waals surface area contributed by atoms with Crippen molar-refractivity contribution in [3.63, 3.8) is 0 Å². The first-order valence-electron chi connectivity index (χ1n) is 13.5. The second-order valence-corrected chi connectivity index (χ2v) is 10.9. The molecular formula is C32H36FN3O. The lowest BCUT2D eigenvalue weighted by atomic mass is 9.88. The summed E-state index contributed by atoms with van der Waals surface area (Å²) in [5.74, 6) is 1.15. The normalized spacial score (nSPS) is 14.7. The molecule has 5 heteroatoms. The molecule has 0 spiro atoms. The van der Waals surface area contributed by atoms with Crippen molar-refractivity contribution in [2.75, 3.05) is 18.0 Å². The van der Waals surface area contributed by atoms with E-state index in [9.17, 15) is 4.79 Å². The number of hydrogen-bond donors (Lipinski definition) is 0. The zero-order chi connectivity index (χ0) is 26.1. The van der Waals surface area contributed by atoms with Gasteiger partial charge in [-0.2, -0.15) is 0 Å². The summed E-state index contributed by atoms with van der Waals surface area (Å²) in [6, 6.07) is 21.8. The molecule has 4 nitrogen and oxygen atoms in total. The number of hydrogen-bond acceptors (Lipinski definition) is 3. The van der Waals surface area contributed by atoms with Crippen molar-refractivity contribution in [3.8, 4) is 5.69 Å². The third kappa shape index (κ3) is 5.18. The number of benzene rings is 3. The maximum atomic E-state index is 15.4. The van der Waals surface area contributed by atoms with E-state index in [0.717, 1.165) is 38.0 Å². The molecule has 0 radical (unpaired) electrons. The fraction of sp³-hybridized carbons (Fsp3) is 0.375. The van der Waals surface area contributed by atoms with E-state index in [1.54, 1.807) is 10.6 Å². The summed E-state index contributed by atoms with van der Waals surface area (Å²) in [6.07, 6.45) is 3.11. The van der Waals surface area contributed by atoms with Crippen LogP contribution in [0.5, 0.6) is 0 Å². The number of fused-ring (bicyclic) bond motifs is 1. The third-order valence-corrected chi connectivity index (χ3v) is 7.61. The predicted molar refractivity (Wildman–Crippen MR) is 151 cm³/mol. The van der Waals surface area contributed by atoms with Crippen molar-refractivity contribution in [2.45, 2.75) is 58.8 Å². The summed E-state index contributed by atoms with van der Waals surface area (Å²) in [5.41, 5.74) is 3.15. The van der Waals surface area contributed by atoms with E-state index in [1.165, 1.54) is 22.4 Å². The van der Waals surface area contributed by atoms with Crippen molar-refractivity contribution < 1.29 is 4.39 Å². The van der Waals surface area contributed by atoms with Gasteiger partial charge in [-0.05, 0) is 59.6 Å². The minimum Gasteiger partial charge on any atom is -0.369 e. The molecule has 0 amide bonds. The van der Waals surface area contributed by atoms with Crippen molar-refractivity contribution in [1.82, 2.24) is 9.55 Å². The van der Waals surface area contributed by atoms with E-state index >= 15 is 4.39 Å². The molecule has 0 aliphatic carbocycles. The van der Waals surface area contributed by atoms with E-state index in [2.05, 4.69) is 47.4 Å². The Bertz CT molecular complexity index is 1460. The lowest BCUT2D eigenvalue weighted by Gasteiger charge is -2.34. The predicted octanol–water partition coefficient (Wildman–Crippen LogP) is 7.23. The van der Waals surface area contributed by atoms with Gasteiger partial charge in [0, 0.05) is 31.1 Å². The van der Waals surface area contributed by atoms with Crippen molar-refractivity contribution in [3.05, 3.63) is 100.0 Å². The Kier molecular flexibility index (Phi) is 7.14. The number of halogens is 1. The molecule has 0 atom stereocenters. The Morgan fingerprint density at radius 3 is 2.35 bits per heavy atom. The molecule has 2 heterocycles. The van der Waals surface area contributed by atoms with Crippen LogP contribution < -0.4 is 10.5 Å². The lowest BCUT2D eigenvalue weighted by Crippen LogP contribution is -2.35. The highest BCUT2D eigenvalue weighted by atomic mass is 19.1. The molecule has 1 aliphatic rings. The van der Waals surface area contributed by atoms with Crippen molar-refractivity contribution >= 4 is 16.5 Å². The van der Waals surface area contributed by atoms with Gasteiger partial charge in [-0.15, -0.1) is 0 Å². The van der Waals surface area contributed by atoms with E-state index in [-0.39, 0.29) is 23.2 Å². The van der Waals surface area contributed by atoms with Gasteiger partial charge in [-0.3, -0.25) is 9.36 Å². The molecule has 5 rings (SSSR count). The highest BCUT2D eigenvalue weighted by Crippen LogP contribution is 2.31. The summed E-state index contributed by atoms with van der Waals surface area (Å²) in [4.78, 5) is 19.9. The highest BCUT2D eigenvalue weighted by Gasteiger charge is 2.23. The first kappa shape index (κ1) is 25.2. The second kappa shape index (κ2) is 10.5. The number of piperidine rings is 1. The maximum absolute atomic E-state index is 15.4. The summed E-state index contributed by atoms with van der Waals surface area (Å²) < 4.78 is 17.0. The number of anilines is 1. The first-order valence-corrected chi connectivity index (χ1v) is 13.5. The smallest absolute Gasteiger partial charge is 0.258 e. The Hall–Kier alpha value is -3.47. The van der Waals surface area contributed by atoms with Gasteiger partial charge in [0.05, 0.1) is 17.1 Å². The fourth-order valence-corrected chi connectivity index (χ4v) is 5.51. The van der Waals surface area contributed by atoms with Crippen LogP contribution in [0.15, 0.2) is 71.5 Å². The SMILES string of the molecule is CC(C)c1cc(=O)n(-c2ccc(N3CCC(Cc4cccc5ccccc45)CC3)c(F)c2)c(C(C)C)n1. The van der Waals surface area contributed by atoms with E-state index in [0.29, 0.717) is 23.1 Å². The van der Waals surface area contributed by atoms with Gasteiger partial charge < -0.3 is 4.90 Å². The maximum Gasteiger partial charge on any atom is 0.258 e. The number of rotatable bonds is 6. The first-order chi connectivity index (χ1) is 17.8. The summed E-state index contributed by atoms with van der Waals surface area (Å²) >= 11 is 0. The molecule has 0 N–H and O–H groups in total. The van der Waals surface area contributed by atoms with E-state index in [1.807, 2.05) is 39.8 Å². The third-order valence-electron chi connectivity index (χ3n) is 7.61. The quantitative estimate of drug-likeness (QED) is 0.282. The second-order valence-electron chi connectivity index (χ2n) is 10.9. The Morgan fingerprint density at radius 1 is 0.919 bits per heavy atom. The molecule has 37 heavy (non-hydrogen) atoms. The average Bonchev–Trinajstić information content (AvgIpc) is 2.89. The Labute approximate surface area is 218 Å². The highest BCUT2D eigenvalue weighted by molar-refractivity contribution is 5.85. The van der Waals surface area contributed by atoms with Crippen molar-refractivity contribution in [1.29, 1.82) is 0 Å². The van der Waals surface area contributed by atoms with Crippen LogP contribution in [0.4, 0.5) is 10.1 Å². The zero-order valence-electron chi connectivity index (χ0n) is 22.2. The van der Waals surface area contributed by atoms with Gasteiger partial charge in [0.2, 0.25) is 0 Å². The molecule has 1 saturated heterocycles. The monoisotopic (exact) mass is 497 g/mol. The molecule has 1 aliphatic heterocycles. The summed E-state index contributed by atoms with van der Waals surface area (Å²) in [7, 11) is 0. The summed E-state index contributed by atoms with van der Waals surface area (Å²) in [6.45, 7) is 9.72. The minimum atomic E-state index is -0.292. The number of nitrogens with zero attached hydrogens (tertiary/aromatic N) is 3.